The molecule has 0 amide bonds. The van der Waals surface area contributed by atoms with Gasteiger partial charge in [0.25, 0.3) is 10.9 Å². The molecule has 1 saturated heterocycles. The van der Waals surface area contributed by atoms with E-state index < -0.39 is 5.43 Å². The maximum atomic E-state index is 12.8. The van der Waals surface area contributed by atoms with Gasteiger partial charge in [0.05, 0.1) is 6.10 Å². The van der Waals surface area contributed by atoms with Crippen molar-refractivity contribution in [1.82, 2.24) is 0 Å². The van der Waals surface area contributed by atoms with Crippen LogP contribution in [0.15, 0.2) is 39.9 Å². The zero-order valence-corrected chi connectivity index (χ0v) is 21.8. The van der Waals surface area contributed by atoms with Crippen LogP contribution in [-0.2, 0) is 9.47 Å². The van der Waals surface area contributed by atoms with Gasteiger partial charge in [-0.2, -0.15) is 0 Å². The Bertz CT molecular complexity index is 998. The summed E-state index contributed by atoms with van der Waals surface area (Å²) < 4.78 is 11.6. The number of nitrogens with one attached hydrogen (secondary N) is 1. The molecule has 3 atom stereocenters. The molecule has 4 rings (SSSR count). The van der Waals surface area contributed by atoms with E-state index in [9.17, 15) is 9.59 Å². The molecular formula is C29H43N3O4. The predicted molar refractivity (Wildman–Crippen MR) is 146 cm³/mol. The summed E-state index contributed by atoms with van der Waals surface area (Å²) in [5.74, 6) is 0.879. The zero-order valence-electron chi connectivity index (χ0n) is 21.8. The van der Waals surface area contributed by atoms with E-state index in [1.165, 1.54) is 32.1 Å². The van der Waals surface area contributed by atoms with Crippen molar-refractivity contribution in [3.63, 3.8) is 0 Å². The van der Waals surface area contributed by atoms with Gasteiger partial charge in [-0.3, -0.25) is 9.59 Å². The van der Waals surface area contributed by atoms with Crippen LogP contribution in [0.2, 0.25) is 0 Å². The van der Waals surface area contributed by atoms with E-state index in [0.717, 1.165) is 37.8 Å². The Morgan fingerprint density at radius 3 is 2.53 bits per heavy atom. The maximum absolute atomic E-state index is 12.8. The van der Waals surface area contributed by atoms with Crippen LogP contribution in [-0.4, -0.2) is 46.0 Å². The molecule has 7 heteroatoms. The van der Waals surface area contributed by atoms with E-state index in [2.05, 4.69) is 22.3 Å². The molecule has 3 N–H and O–H groups in total. The van der Waals surface area contributed by atoms with Crippen LogP contribution in [0.1, 0.15) is 69.5 Å². The molecule has 0 aromatic heterocycles. The minimum Gasteiger partial charge on any atom is -0.385 e. The third-order valence-corrected chi connectivity index (χ3v) is 7.98. The second-order valence-corrected chi connectivity index (χ2v) is 10.6. The summed E-state index contributed by atoms with van der Waals surface area (Å²) in [7, 11) is 1.70. The van der Waals surface area contributed by atoms with Crippen LogP contribution in [0.4, 0.5) is 11.4 Å². The number of nitrogens with zero attached hydrogens (tertiary/aromatic N) is 1. The molecule has 1 unspecified atom stereocenters. The van der Waals surface area contributed by atoms with Crippen LogP contribution in [0.25, 0.3) is 0 Å². The number of ether oxygens (including phenoxy) is 2. The van der Waals surface area contributed by atoms with Crippen LogP contribution >= 0.6 is 0 Å². The molecule has 1 heterocycles. The topological polar surface area (TPSA) is 93.9 Å². The first kappa shape index (κ1) is 26.8. The summed E-state index contributed by atoms with van der Waals surface area (Å²) in [5.41, 5.74) is 7.51. The van der Waals surface area contributed by atoms with Crippen molar-refractivity contribution in [3.8, 4) is 0 Å². The second kappa shape index (κ2) is 13.4. The summed E-state index contributed by atoms with van der Waals surface area (Å²) in [5, 5.41) is 3.40. The van der Waals surface area contributed by atoms with Crippen molar-refractivity contribution in [2.75, 3.05) is 50.2 Å². The fourth-order valence-corrected chi connectivity index (χ4v) is 6.08. The smallest absolute Gasteiger partial charge is 0.253 e. The Balaban J connectivity index is 1.46. The Hall–Kier alpha value is -2.22. The molecule has 1 aliphatic heterocycles. The molecule has 36 heavy (non-hydrogen) atoms. The Morgan fingerprint density at radius 1 is 1.03 bits per heavy atom. The quantitative estimate of drug-likeness (QED) is 0.319. The van der Waals surface area contributed by atoms with Crippen molar-refractivity contribution >= 4 is 11.4 Å². The van der Waals surface area contributed by atoms with Crippen molar-refractivity contribution in [1.29, 1.82) is 0 Å². The first-order valence-corrected chi connectivity index (χ1v) is 13.8. The molecule has 0 spiro atoms. The summed E-state index contributed by atoms with van der Waals surface area (Å²) in [6.45, 7) is 3.22. The highest BCUT2D eigenvalue weighted by Gasteiger charge is 2.34. The van der Waals surface area contributed by atoms with E-state index in [1.807, 2.05) is 18.2 Å². The largest absolute Gasteiger partial charge is 0.385 e. The number of hydrogen-bond acceptors (Lipinski definition) is 7. The van der Waals surface area contributed by atoms with Gasteiger partial charge in [0.15, 0.2) is 0 Å². The molecule has 198 valence electrons. The molecule has 0 radical (unpaired) electrons. The number of hydrogen-bond donors (Lipinski definition) is 2. The minimum atomic E-state index is -0.398. The molecule has 0 bridgehead atoms. The number of piperidine rings is 1. The van der Waals surface area contributed by atoms with Crippen LogP contribution in [0.5, 0.6) is 0 Å². The third kappa shape index (κ3) is 6.55. The fourth-order valence-electron chi connectivity index (χ4n) is 6.08. The van der Waals surface area contributed by atoms with E-state index in [1.54, 1.807) is 7.11 Å². The average molecular weight is 498 g/mol. The fraction of sp³-hybridized carbons (Fsp3) is 0.655. The molecule has 2 fully saturated rings. The van der Waals surface area contributed by atoms with Gasteiger partial charge in [-0.1, -0.05) is 62.4 Å². The van der Waals surface area contributed by atoms with E-state index >= 15 is 0 Å². The Morgan fingerprint density at radius 2 is 1.81 bits per heavy atom. The van der Waals surface area contributed by atoms with E-state index in [0.29, 0.717) is 43.6 Å². The average Bonchev–Trinajstić information content (AvgIpc) is 2.93. The zero-order chi connectivity index (χ0) is 25.3. The Labute approximate surface area is 215 Å². The normalized spacial score (nSPS) is 20.9. The summed E-state index contributed by atoms with van der Waals surface area (Å²) in [6, 6.07) is 10.3. The lowest BCUT2D eigenvalue weighted by Crippen LogP contribution is -2.48. The van der Waals surface area contributed by atoms with Gasteiger partial charge in [-0.15, -0.1) is 0 Å². The highest BCUT2D eigenvalue weighted by molar-refractivity contribution is 5.75. The van der Waals surface area contributed by atoms with Gasteiger partial charge in [-0.05, 0) is 37.2 Å². The second-order valence-electron chi connectivity index (χ2n) is 10.6. The number of anilines is 2. The van der Waals surface area contributed by atoms with Crippen LogP contribution < -0.4 is 26.8 Å². The van der Waals surface area contributed by atoms with Gasteiger partial charge in [0.2, 0.25) is 0 Å². The highest BCUT2D eigenvalue weighted by atomic mass is 16.5. The highest BCUT2D eigenvalue weighted by Crippen LogP contribution is 2.36. The molecule has 1 saturated carbocycles. The van der Waals surface area contributed by atoms with Crippen molar-refractivity contribution in [2.45, 2.75) is 69.9 Å². The summed E-state index contributed by atoms with van der Waals surface area (Å²) >= 11 is 0. The SMILES string of the molecule is COCCCOC(c1ccccc1)[C@@H]1CCCN(c2c(N[C@H](CN)CC3CCCCC3)c(=O)c2=O)C1. The van der Waals surface area contributed by atoms with Crippen LogP contribution in [0.3, 0.4) is 0 Å². The minimum absolute atomic E-state index is 0.0249. The van der Waals surface area contributed by atoms with Gasteiger partial charge in [0, 0.05) is 51.9 Å². The number of methoxy groups -OCH3 is 1. The van der Waals surface area contributed by atoms with Gasteiger partial charge >= 0.3 is 0 Å². The first-order chi connectivity index (χ1) is 17.6. The summed E-state index contributed by atoms with van der Waals surface area (Å²) in [4.78, 5) is 27.5. The number of benzene rings is 1. The lowest BCUT2D eigenvalue weighted by Gasteiger charge is -2.39. The number of nitrogens with two attached hydrogens (primary N) is 1. The monoisotopic (exact) mass is 497 g/mol. The molecule has 1 aliphatic carbocycles. The molecular weight excluding hydrogens is 454 g/mol. The molecule has 7 nitrogen and oxygen atoms in total. The molecule has 2 aromatic carbocycles. The van der Waals surface area contributed by atoms with Crippen LogP contribution in [0, 0.1) is 11.8 Å². The first-order valence-electron chi connectivity index (χ1n) is 13.8. The third-order valence-electron chi connectivity index (χ3n) is 7.98. The van der Waals surface area contributed by atoms with Gasteiger partial charge in [-0.25, -0.2) is 0 Å². The molecule has 2 aromatic rings. The van der Waals surface area contributed by atoms with Crippen molar-refractivity contribution in [2.24, 2.45) is 17.6 Å². The Kier molecular flexibility index (Phi) is 9.96. The summed E-state index contributed by atoms with van der Waals surface area (Å²) in [6.07, 6.45) is 10.0. The lowest BCUT2D eigenvalue weighted by molar-refractivity contribution is -0.00235. The predicted octanol–water partition coefficient (Wildman–Crippen LogP) is 4.00. The standard InChI is InChI=1S/C29H43N3O4/c1-35-16-9-17-36-29(22-12-6-3-7-13-22)23-14-8-15-32(20-23)26-25(27(33)28(26)34)31-24(19-30)18-21-10-4-2-5-11-21/h3,6-7,12-13,21,23-24,29,31H,2,4-5,8-11,14-20,30H2,1H3/t23-,24+,29?/m1/s1. The van der Waals surface area contributed by atoms with Crippen molar-refractivity contribution in [3.05, 3.63) is 56.3 Å². The van der Waals surface area contributed by atoms with Crippen molar-refractivity contribution < 1.29 is 9.47 Å². The van der Waals surface area contributed by atoms with E-state index in [-0.39, 0.29) is 23.5 Å². The van der Waals surface area contributed by atoms with E-state index in [4.69, 9.17) is 15.2 Å². The number of rotatable bonds is 13. The van der Waals surface area contributed by atoms with Gasteiger partial charge < -0.3 is 25.4 Å². The van der Waals surface area contributed by atoms with Gasteiger partial charge in [0.1, 0.15) is 11.4 Å². The maximum Gasteiger partial charge on any atom is 0.253 e. The molecule has 2 aliphatic rings. The lowest BCUT2D eigenvalue weighted by atomic mass is 9.84.